The monoisotopic (exact) mass is 329 g/mol. The molecule has 2 aromatic carbocycles. The predicted molar refractivity (Wildman–Crippen MR) is 89.5 cm³/mol. The number of hydrogen-bond acceptors (Lipinski definition) is 2. The van der Waals surface area contributed by atoms with Gasteiger partial charge in [0.2, 0.25) is 5.91 Å². The number of nitrogens with two attached hydrogens (primary N) is 1. The number of halogens is 1. The van der Waals surface area contributed by atoms with Gasteiger partial charge < -0.3 is 16.4 Å². The highest BCUT2D eigenvalue weighted by Crippen LogP contribution is 2.18. The quantitative estimate of drug-likeness (QED) is 0.761. The minimum atomic E-state index is -0.691. The number of amides is 3. The van der Waals surface area contributed by atoms with E-state index < -0.39 is 12.1 Å². The SMILES string of the molecule is C[C@H](NC(=O)C[C@H](NC(N)=O)c1ccccc1)c1ccc(F)cc1. The molecule has 3 amide bonds. The summed E-state index contributed by atoms with van der Waals surface area (Å²) in [6.45, 7) is 1.81. The summed E-state index contributed by atoms with van der Waals surface area (Å²) in [7, 11) is 0. The second-order valence-electron chi connectivity index (χ2n) is 5.52. The molecular formula is C18H20FN3O2. The molecule has 4 N–H and O–H groups in total. The molecule has 0 aliphatic rings. The second-order valence-corrected chi connectivity index (χ2v) is 5.52. The molecule has 0 fully saturated rings. The second kappa shape index (κ2) is 8.10. The van der Waals surface area contributed by atoms with Crippen LogP contribution in [0.1, 0.15) is 36.6 Å². The summed E-state index contributed by atoms with van der Waals surface area (Å²) in [6.07, 6.45) is 0.0541. The average Bonchev–Trinajstić information content (AvgIpc) is 2.55. The third kappa shape index (κ3) is 5.08. The van der Waals surface area contributed by atoms with E-state index in [1.807, 2.05) is 37.3 Å². The van der Waals surface area contributed by atoms with Crippen molar-refractivity contribution >= 4 is 11.9 Å². The van der Waals surface area contributed by atoms with E-state index >= 15 is 0 Å². The fourth-order valence-corrected chi connectivity index (χ4v) is 2.43. The molecule has 6 heteroatoms. The Morgan fingerprint density at radius 3 is 2.21 bits per heavy atom. The van der Waals surface area contributed by atoms with Gasteiger partial charge in [0.1, 0.15) is 5.82 Å². The highest BCUT2D eigenvalue weighted by molar-refractivity contribution is 5.79. The zero-order chi connectivity index (χ0) is 17.5. The maximum atomic E-state index is 13.0. The van der Waals surface area contributed by atoms with Gasteiger partial charge in [0.15, 0.2) is 0 Å². The van der Waals surface area contributed by atoms with Crippen LogP contribution in [0.4, 0.5) is 9.18 Å². The van der Waals surface area contributed by atoms with E-state index in [0.717, 1.165) is 11.1 Å². The largest absolute Gasteiger partial charge is 0.352 e. The maximum absolute atomic E-state index is 13.0. The Morgan fingerprint density at radius 2 is 1.62 bits per heavy atom. The Labute approximate surface area is 140 Å². The number of benzene rings is 2. The zero-order valence-corrected chi connectivity index (χ0v) is 13.3. The van der Waals surface area contributed by atoms with Crippen molar-refractivity contribution in [3.63, 3.8) is 0 Å². The molecule has 0 heterocycles. The molecule has 2 rings (SSSR count). The first-order valence-electron chi connectivity index (χ1n) is 7.61. The molecule has 0 unspecified atom stereocenters. The summed E-state index contributed by atoms with van der Waals surface area (Å²) >= 11 is 0. The molecule has 0 aromatic heterocycles. The fraction of sp³-hybridized carbons (Fsp3) is 0.222. The van der Waals surface area contributed by atoms with Crippen molar-refractivity contribution in [2.45, 2.75) is 25.4 Å². The van der Waals surface area contributed by atoms with Gasteiger partial charge in [-0.25, -0.2) is 9.18 Å². The highest BCUT2D eigenvalue weighted by atomic mass is 19.1. The normalized spacial score (nSPS) is 12.9. The number of rotatable bonds is 6. The van der Waals surface area contributed by atoms with E-state index in [1.54, 1.807) is 12.1 Å². The first kappa shape index (κ1) is 17.5. The first-order valence-corrected chi connectivity index (χ1v) is 7.61. The van der Waals surface area contributed by atoms with Crippen LogP contribution in [-0.2, 0) is 4.79 Å². The van der Waals surface area contributed by atoms with Gasteiger partial charge in [-0.3, -0.25) is 4.79 Å². The van der Waals surface area contributed by atoms with Gasteiger partial charge in [0, 0.05) is 0 Å². The molecule has 5 nitrogen and oxygen atoms in total. The molecule has 2 aromatic rings. The minimum Gasteiger partial charge on any atom is -0.352 e. The molecule has 126 valence electrons. The van der Waals surface area contributed by atoms with Gasteiger partial charge in [0.25, 0.3) is 0 Å². The number of nitrogens with one attached hydrogen (secondary N) is 2. The third-order valence-corrected chi connectivity index (χ3v) is 3.66. The molecule has 2 atom stereocenters. The van der Waals surface area contributed by atoms with E-state index in [2.05, 4.69) is 10.6 Å². The van der Waals surface area contributed by atoms with Crippen LogP contribution in [0.3, 0.4) is 0 Å². The van der Waals surface area contributed by atoms with Crippen LogP contribution < -0.4 is 16.4 Å². The Bertz CT molecular complexity index is 689. The summed E-state index contributed by atoms with van der Waals surface area (Å²) in [5.41, 5.74) is 6.78. The minimum absolute atomic E-state index is 0.0541. The molecule has 0 aliphatic carbocycles. The molecule has 0 saturated carbocycles. The molecule has 0 spiro atoms. The van der Waals surface area contributed by atoms with Crippen molar-refractivity contribution in [2.24, 2.45) is 5.73 Å². The lowest BCUT2D eigenvalue weighted by atomic mass is 10.0. The van der Waals surface area contributed by atoms with Crippen LogP contribution >= 0.6 is 0 Å². The lowest BCUT2D eigenvalue weighted by molar-refractivity contribution is -0.122. The van der Waals surface area contributed by atoms with E-state index in [0.29, 0.717) is 0 Å². The topological polar surface area (TPSA) is 84.2 Å². The molecule has 0 aliphatic heterocycles. The van der Waals surface area contributed by atoms with Crippen molar-refractivity contribution in [2.75, 3.05) is 0 Å². The standard InChI is InChI=1S/C18H20FN3O2/c1-12(13-7-9-15(19)10-8-13)21-17(23)11-16(22-18(20)24)14-5-3-2-4-6-14/h2-10,12,16H,11H2,1H3,(H,21,23)(H3,20,22,24)/t12-,16-/m0/s1. The Morgan fingerprint density at radius 1 is 1.00 bits per heavy atom. The summed E-state index contributed by atoms with van der Waals surface area (Å²) < 4.78 is 13.0. The Kier molecular flexibility index (Phi) is 5.89. The van der Waals surface area contributed by atoms with Crippen LogP contribution in [0.5, 0.6) is 0 Å². The summed E-state index contributed by atoms with van der Waals surface area (Å²) in [5, 5.41) is 5.41. The predicted octanol–water partition coefficient (Wildman–Crippen LogP) is 2.80. The highest BCUT2D eigenvalue weighted by Gasteiger charge is 2.18. The Balaban J connectivity index is 2.02. The lowest BCUT2D eigenvalue weighted by Crippen LogP contribution is -2.37. The van der Waals surface area contributed by atoms with Crippen molar-refractivity contribution in [3.8, 4) is 0 Å². The van der Waals surface area contributed by atoms with Crippen molar-refractivity contribution < 1.29 is 14.0 Å². The van der Waals surface area contributed by atoms with Gasteiger partial charge in [-0.15, -0.1) is 0 Å². The Hall–Kier alpha value is -2.89. The maximum Gasteiger partial charge on any atom is 0.312 e. The summed E-state index contributed by atoms with van der Waals surface area (Å²) in [6, 6.07) is 13.6. The number of primary amides is 1. The molecule has 0 saturated heterocycles. The van der Waals surface area contributed by atoms with Crippen LogP contribution in [0.15, 0.2) is 54.6 Å². The third-order valence-electron chi connectivity index (χ3n) is 3.66. The van der Waals surface area contributed by atoms with Crippen molar-refractivity contribution in [1.29, 1.82) is 0 Å². The molecule has 24 heavy (non-hydrogen) atoms. The van der Waals surface area contributed by atoms with Crippen molar-refractivity contribution in [3.05, 3.63) is 71.5 Å². The van der Waals surface area contributed by atoms with Crippen LogP contribution in [-0.4, -0.2) is 11.9 Å². The van der Waals surface area contributed by atoms with Gasteiger partial charge >= 0.3 is 6.03 Å². The first-order chi connectivity index (χ1) is 11.5. The van der Waals surface area contributed by atoms with Crippen molar-refractivity contribution in [1.82, 2.24) is 10.6 Å². The lowest BCUT2D eigenvalue weighted by Gasteiger charge is -2.20. The molecule has 0 bridgehead atoms. The molecule has 0 radical (unpaired) electrons. The number of urea groups is 1. The smallest absolute Gasteiger partial charge is 0.312 e. The van der Waals surface area contributed by atoms with E-state index in [9.17, 15) is 14.0 Å². The van der Waals surface area contributed by atoms with Gasteiger partial charge in [-0.05, 0) is 30.2 Å². The van der Waals surface area contributed by atoms with Gasteiger partial charge in [-0.2, -0.15) is 0 Å². The number of carbonyl (C=O) groups excluding carboxylic acids is 2. The van der Waals surface area contributed by atoms with Gasteiger partial charge in [0.05, 0.1) is 18.5 Å². The fourth-order valence-electron chi connectivity index (χ4n) is 2.43. The van der Waals surface area contributed by atoms with Crippen LogP contribution in [0.2, 0.25) is 0 Å². The van der Waals surface area contributed by atoms with E-state index in [1.165, 1.54) is 12.1 Å². The summed E-state index contributed by atoms with van der Waals surface area (Å²) in [4.78, 5) is 23.5. The van der Waals surface area contributed by atoms with E-state index in [-0.39, 0.29) is 24.2 Å². The van der Waals surface area contributed by atoms with Crippen LogP contribution in [0.25, 0.3) is 0 Å². The summed E-state index contributed by atoms with van der Waals surface area (Å²) in [5.74, 6) is -0.568. The number of hydrogen-bond donors (Lipinski definition) is 3. The van der Waals surface area contributed by atoms with Crippen LogP contribution in [0, 0.1) is 5.82 Å². The average molecular weight is 329 g/mol. The molecular weight excluding hydrogens is 309 g/mol. The van der Waals surface area contributed by atoms with Gasteiger partial charge in [-0.1, -0.05) is 42.5 Å². The van der Waals surface area contributed by atoms with E-state index in [4.69, 9.17) is 5.73 Å². The zero-order valence-electron chi connectivity index (χ0n) is 13.3. The number of carbonyl (C=O) groups is 2.